The molecule has 8 N–H and O–H groups in total. The van der Waals surface area contributed by atoms with E-state index in [1.807, 2.05) is 130 Å². The van der Waals surface area contributed by atoms with E-state index in [4.69, 9.17) is 43.5 Å². The molecule has 5 amide bonds. The summed E-state index contributed by atoms with van der Waals surface area (Å²) in [7, 11) is 11.6. The van der Waals surface area contributed by atoms with Crippen LogP contribution in [0.25, 0.3) is 32.9 Å². The van der Waals surface area contributed by atoms with Crippen LogP contribution in [0.1, 0.15) is 79.4 Å². The molecule has 0 aliphatic heterocycles. The molecule has 22 nitrogen and oxygen atoms in total. The summed E-state index contributed by atoms with van der Waals surface area (Å²) in [5, 5.41) is 28.7. The fourth-order valence-electron chi connectivity index (χ4n) is 8.68. The fraction of sp³-hybridized carbons (Fsp3) is 0.238. The van der Waals surface area contributed by atoms with Crippen molar-refractivity contribution >= 4 is 68.4 Å². The molecule has 0 aliphatic carbocycles. The standard InChI is InChI=1S/C21H23N3O5.C21H23N3O4.C21H22N2O5/c1-24(2)13-17-16-5-3-4-6-18(16)29-19(17)21(26)22-11-12-28-15-9-7-14(8-10-15)20(25)23-27;1-24(2)13-17-16-5-3-4-6-18(16)28-19(17)21(26)23-11-12-27-15-9-7-14(8-10-15)20(22)25;1-23(2)13-17-16-5-3-4-6-18(16)28-19(17)20(24)22-11-12-27-15-9-7-14(8-10-15)21(25)26/h3-10,27H,11-13H2,1-2H3,(H,22,26)(H,23,25);3-10H,11-13H2,1-2H3,(H2,22,25)(H,23,26);3-10H,11-13H2,1-2H3,(H,22,24)(H,25,26). The zero-order chi connectivity index (χ0) is 61.0. The van der Waals surface area contributed by atoms with Crippen LogP contribution in [0.5, 0.6) is 17.2 Å². The van der Waals surface area contributed by atoms with Crippen LogP contribution < -0.4 is 41.4 Å². The van der Waals surface area contributed by atoms with Gasteiger partial charge >= 0.3 is 5.97 Å². The second-order valence-corrected chi connectivity index (χ2v) is 19.9. The van der Waals surface area contributed by atoms with Crippen LogP contribution >= 0.6 is 0 Å². The highest BCUT2D eigenvalue weighted by molar-refractivity contribution is 6.01. The summed E-state index contributed by atoms with van der Waals surface area (Å²) in [6, 6.07) is 41.7. The first-order valence-corrected chi connectivity index (χ1v) is 26.9. The molecule has 0 spiro atoms. The van der Waals surface area contributed by atoms with Crippen molar-refractivity contribution in [2.75, 3.05) is 81.7 Å². The summed E-state index contributed by atoms with van der Waals surface area (Å²) >= 11 is 0. The molecule has 0 saturated heterocycles. The van der Waals surface area contributed by atoms with Gasteiger partial charge in [-0.1, -0.05) is 54.6 Å². The molecule has 0 fully saturated rings. The number of hydrogen-bond acceptors (Lipinski definition) is 16. The molecule has 0 saturated carbocycles. The molecule has 9 rings (SSSR count). The lowest BCUT2D eigenvalue weighted by Crippen LogP contribution is -2.29. The number of nitrogens with zero attached hydrogens (tertiary/aromatic N) is 3. The Morgan fingerprint density at radius 1 is 0.424 bits per heavy atom. The summed E-state index contributed by atoms with van der Waals surface area (Å²) in [5.74, 6) is -0.325. The van der Waals surface area contributed by atoms with Gasteiger partial charge in [-0.05, 0) is 133 Å². The number of carbonyl (C=O) groups is 6. The van der Waals surface area contributed by atoms with Gasteiger partial charge in [0.05, 0.1) is 25.2 Å². The van der Waals surface area contributed by atoms with Gasteiger partial charge < -0.3 is 69.0 Å². The van der Waals surface area contributed by atoms with Gasteiger partial charge in [-0.3, -0.25) is 29.2 Å². The van der Waals surface area contributed by atoms with E-state index in [0.29, 0.717) is 88.6 Å². The van der Waals surface area contributed by atoms with Gasteiger partial charge in [0, 0.05) is 63.6 Å². The zero-order valence-electron chi connectivity index (χ0n) is 47.9. The smallest absolute Gasteiger partial charge is 0.335 e. The largest absolute Gasteiger partial charge is 0.492 e. The van der Waals surface area contributed by atoms with Crippen LogP contribution in [0.15, 0.2) is 159 Å². The minimum absolute atomic E-state index is 0.193. The molecule has 0 radical (unpaired) electrons. The van der Waals surface area contributed by atoms with Crippen LogP contribution in [0, 0.1) is 0 Å². The van der Waals surface area contributed by atoms with Crippen LogP contribution in [0.2, 0.25) is 0 Å². The summed E-state index contributed by atoms with van der Waals surface area (Å²) in [5.41, 5.74) is 12.3. The SMILES string of the molecule is CN(C)Cc1c(C(=O)NCCOc2ccc(C(=O)NO)cc2)oc2ccccc12.CN(C)Cc1c(C(=O)NCCOc2ccc(C(=O)O)cc2)oc2ccccc12.CN(C)Cc1c(C(=O)NCCOc2ccc(C(N)=O)cc2)oc2ccccc12. The summed E-state index contributed by atoms with van der Waals surface area (Å²) in [6.07, 6.45) is 0. The van der Waals surface area contributed by atoms with Gasteiger partial charge in [0.25, 0.3) is 23.6 Å². The third-order valence-corrected chi connectivity index (χ3v) is 12.6. The summed E-state index contributed by atoms with van der Waals surface area (Å²) in [4.78, 5) is 77.0. The number of benzene rings is 6. The van der Waals surface area contributed by atoms with Crippen molar-refractivity contribution in [2.45, 2.75) is 19.6 Å². The van der Waals surface area contributed by atoms with Crippen molar-refractivity contribution in [1.82, 2.24) is 36.1 Å². The number of nitrogens with two attached hydrogens (primary N) is 1. The molecular formula is C63H68N8O14. The number of primary amides is 1. The fourth-order valence-corrected chi connectivity index (χ4v) is 8.68. The van der Waals surface area contributed by atoms with E-state index in [9.17, 15) is 28.8 Å². The van der Waals surface area contributed by atoms with Crippen LogP contribution in [-0.4, -0.2) is 142 Å². The molecule has 22 heteroatoms. The summed E-state index contributed by atoms with van der Waals surface area (Å²) in [6.45, 7) is 3.45. The average Bonchev–Trinajstić information content (AvgIpc) is 3.04. The topological polar surface area (TPSA) is 294 Å². The Balaban J connectivity index is 0.000000183. The van der Waals surface area contributed by atoms with Crippen molar-refractivity contribution in [1.29, 1.82) is 0 Å². The van der Waals surface area contributed by atoms with Crippen molar-refractivity contribution in [2.24, 2.45) is 5.73 Å². The summed E-state index contributed by atoms with van der Waals surface area (Å²) < 4.78 is 34.0. The van der Waals surface area contributed by atoms with Crippen molar-refractivity contribution in [3.05, 3.63) is 196 Å². The number of furan rings is 3. The van der Waals surface area contributed by atoms with Gasteiger partial charge in [-0.15, -0.1) is 0 Å². The van der Waals surface area contributed by atoms with Gasteiger partial charge in [0.2, 0.25) is 5.91 Å². The number of carboxylic acids is 1. The van der Waals surface area contributed by atoms with Crippen LogP contribution in [-0.2, 0) is 19.6 Å². The molecule has 9 aromatic rings. The number of ether oxygens (including phenoxy) is 3. The van der Waals surface area contributed by atoms with E-state index in [-0.39, 0.29) is 56.2 Å². The number of carboxylic acid groups (broad SMARTS) is 1. The second kappa shape index (κ2) is 30.3. The first kappa shape index (κ1) is 62.6. The maximum atomic E-state index is 12.6. The highest BCUT2D eigenvalue weighted by atomic mass is 16.5. The Bertz CT molecular complexity index is 3560. The van der Waals surface area contributed by atoms with E-state index in [1.54, 1.807) is 54.0 Å². The number of rotatable bonds is 24. The van der Waals surface area contributed by atoms with Crippen LogP contribution in [0.4, 0.5) is 0 Å². The number of carbonyl (C=O) groups excluding carboxylic acids is 5. The van der Waals surface area contributed by atoms with E-state index in [1.165, 1.54) is 24.3 Å². The predicted octanol–water partition coefficient (Wildman–Crippen LogP) is 7.83. The molecule has 0 atom stereocenters. The molecule has 0 bridgehead atoms. The van der Waals surface area contributed by atoms with Gasteiger partial charge in [-0.2, -0.15) is 0 Å². The number of hydroxylamine groups is 1. The van der Waals surface area contributed by atoms with Crippen LogP contribution in [0.3, 0.4) is 0 Å². The monoisotopic (exact) mass is 1160 g/mol. The van der Waals surface area contributed by atoms with Gasteiger partial charge in [-0.25, -0.2) is 10.3 Å². The average molecular weight is 1160 g/mol. The number of aromatic carboxylic acids is 1. The Kier molecular flexibility index (Phi) is 22.3. The molecule has 0 unspecified atom stereocenters. The Morgan fingerprint density at radius 2 is 0.718 bits per heavy atom. The highest BCUT2D eigenvalue weighted by Gasteiger charge is 2.23. The minimum Gasteiger partial charge on any atom is -0.492 e. The maximum Gasteiger partial charge on any atom is 0.335 e. The number of para-hydroxylation sites is 3. The zero-order valence-corrected chi connectivity index (χ0v) is 47.9. The first-order chi connectivity index (χ1) is 40.9. The lowest BCUT2D eigenvalue weighted by atomic mass is 10.1. The second-order valence-electron chi connectivity index (χ2n) is 19.9. The maximum absolute atomic E-state index is 12.6. The lowest BCUT2D eigenvalue weighted by Gasteiger charge is -2.11. The normalized spacial score (nSPS) is 10.9. The third-order valence-electron chi connectivity index (χ3n) is 12.6. The first-order valence-electron chi connectivity index (χ1n) is 26.9. The van der Waals surface area contributed by atoms with E-state index >= 15 is 0 Å². The lowest BCUT2D eigenvalue weighted by molar-refractivity contribution is 0.0692. The molecule has 3 aromatic heterocycles. The molecular weight excluding hydrogens is 1090 g/mol. The quantitative estimate of drug-likeness (QED) is 0.0172. The molecule has 0 aliphatic rings. The number of fused-ring (bicyclic) bond motifs is 3. The Labute approximate surface area is 489 Å². The predicted molar refractivity (Wildman–Crippen MR) is 318 cm³/mol. The van der Waals surface area contributed by atoms with Crippen molar-refractivity contribution in [3.8, 4) is 17.2 Å². The van der Waals surface area contributed by atoms with E-state index in [0.717, 1.165) is 32.8 Å². The van der Waals surface area contributed by atoms with E-state index < -0.39 is 17.8 Å². The number of hydrogen-bond donors (Lipinski definition) is 7. The molecule has 85 heavy (non-hydrogen) atoms. The minimum atomic E-state index is -0.988. The Hall–Kier alpha value is -10.0. The van der Waals surface area contributed by atoms with Gasteiger partial charge in [0.1, 0.15) is 53.8 Å². The Morgan fingerprint density at radius 3 is 1.00 bits per heavy atom. The molecule has 444 valence electrons. The van der Waals surface area contributed by atoms with Crippen molar-refractivity contribution < 1.29 is 66.5 Å². The molecule has 6 aromatic carbocycles. The third kappa shape index (κ3) is 17.5. The van der Waals surface area contributed by atoms with Crippen molar-refractivity contribution in [3.63, 3.8) is 0 Å². The molecule has 3 heterocycles. The number of nitrogens with one attached hydrogen (secondary N) is 4. The van der Waals surface area contributed by atoms with E-state index in [2.05, 4.69) is 16.0 Å². The number of amides is 5. The van der Waals surface area contributed by atoms with Gasteiger partial charge in [0.15, 0.2) is 17.3 Å². The highest BCUT2D eigenvalue weighted by Crippen LogP contribution is 2.29.